The highest BCUT2D eigenvalue weighted by molar-refractivity contribution is 7.89. The molecule has 1 aromatic carbocycles. The summed E-state index contributed by atoms with van der Waals surface area (Å²) in [7, 11) is -4.70. The van der Waals surface area contributed by atoms with E-state index in [0.29, 0.717) is 28.4 Å². The van der Waals surface area contributed by atoms with Crippen LogP contribution in [0.25, 0.3) is 22.3 Å². The van der Waals surface area contributed by atoms with Crippen molar-refractivity contribution in [1.29, 1.82) is 5.26 Å². The molecule has 0 saturated carbocycles. The number of rotatable bonds is 6. The third kappa shape index (κ3) is 4.13. The highest BCUT2D eigenvalue weighted by Gasteiger charge is 2.29. The van der Waals surface area contributed by atoms with Gasteiger partial charge in [0.05, 0.1) is 35.3 Å². The molecule has 0 aliphatic carbocycles. The summed E-state index contributed by atoms with van der Waals surface area (Å²) in [6, 6.07) is 10.2. The van der Waals surface area contributed by atoms with Crippen molar-refractivity contribution in [3.8, 4) is 17.3 Å². The van der Waals surface area contributed by atoms with Crippen LogP contribution in [0.5, 0.6) is 0 Å². The molecule has 174 valence electrons. The Labute approximate surface area is 198 Å². The van der Waals surface area contributed by atoms with Crippen molar-refractivity contribution in [2.24, 2.45) is 0 Å². The summed E-state index contributed by atoms with van der Waals surface area (Å²) in [6.45, 7) is 0.464. The van der Waals surface area contributed by atoms with Crippen molar-refractivity contribution < 1.29 is 12.6 Å². The van der Waals surface area contributed by atoms with Crippen LogP contribution in [-0.2, 0) is 20.8 Å². The fourth-order valence-electron chi connectivity index (χ4n) is 4.08. The van der Waals surface area contributed by atoms with Crippen LogP contribution in [0.4, 0.5) is 0 Å². The minimum atomic E-state index is -3.73. The largest absolute Gasteiger partial charge is 0.346 e. The average Bonchev–Trinajstić information content (AvgIpc) is 3.53. The first-order chi connectivity index (χ1) is 16.5. The second-order valence-corrected chi connectivity index (χ2v) is 11.5. The summed E-state index contributed by atoms with van der Waals surface area (Å²) in [5.41, 5.74) is 2.85. The van der Waals surface area contributed by atoms with Crippen molar-refractivity contribution in [2.45, 2.75) is 17.4 Å². The SMILES string of the molecule is N#CCC(c1cccc(S(=O)(=O)N2CCS(=O)CC2)c1)n1cc(-c2ncnc3[nH]ccc23)cn1. The molecule has 1 aliphatic rings. The number of nitrogens with zero attached hydrogens (tertiary/aromatic N) is 6. The summed E-state index contributed by atoms with van der Waals surface area (Å²) in [6.07, 6.45) is 6.85. The third-order valence-corrected chi connectivity index (χ3v) is 9.02. The maximum atomic E-state index is 13.2. The second kappa shape index (κ2) is 9.09. The molecule has 3 aromatic heterocycles. The van der Waals surface area contributed by atoms with Crippen LogP contribution < -0.4 is 0 Å². The lowest BCUT2D eigenvalue weighted by molar-refractivity contribution is 0.438. The van der Waals surface area contributed by atoms with E-state index in [9.17, 15) is 17.9 Å². The molecule has 1 saturated heterocycles. The topological polar surface area (TPSA) is 138 Å². The zero-order valence-electron chi connectivity index (χ0n) is 18.0. The molecule has 4 aromatic rings. The normalized spacial score (nSPS) is 16.4. The highest BCUT2D eigenvalue weighted by Crippen LogP contribution is 2.29. The molecule has 0 spiro atoms. The highest BCUT2D eigenvalue weighted by atomic mass is 32.2. The van der Waals surface area contributed by atoms with E-state index in [4.69, 9.17) is 0 Å². The summed E-state index contributed by atoms with van der Waals surface area (Å²) in [5.74, 6) is 0.674. The number of sulfonamides is 1. The molecule has 1 atom stereocenters. The number of fused-ring (bicyclic) bond motifs is 1. The van der Waals surface area contributed by atoms with E-state index in [-0.39, 0.29) is 24.4 Å². The van der Waals surface area contributed by atoms with Crippen LogP contribution in [0, 0.1) is 11.3 Å². The molecule has 10 nitrogen and oxygen atoms in total. The van der Waals surface area contributed by atoms with Crippen LogP contribution in [0.1, 0.15) is 18.0 Å². The molecule has 0 radical (unpaired) electrons. The standard InChI is InChI=1S/C22H21N7O3S2/c23-6-4-20(29-14-17(13-27-29)21-19-5-7-24-22(19)26-15-25-21)16-2-1-3-18(12-16)34(31,32)28-8-10-33(30)11-9-28/h1-3,5,7,12-15,20H,4,8-11H2,(H,24,25,26). The average molecular weight is 496 g/mol. The van der Waals surface area contributed by atoms with E-state index in [1.165, 1.54) is 10.6 Å². The van der Waals surface area contributed by atoms with Gasteiger partial charge >= 0.3 is 0 Å². The molecule has 34 heavy (non-hydrogen) atoms. The number of hydrogen-bond acceptors (Lipinski definition) is 7. The zero-order valence-corrected chi connectivity index (χ0v) is 19.7. The van der Waals surface area contributed by atoms with Crippen molar-refractivity contribution >= 4 is 31.9 Å². The molecule has 1 unspecified atom stereocenters. The first-order valence-electron chi connectivity index (χ1n) is 10.6. The molecular formula is C22H21N7O3S2. The maximum absolute atomic E-state index is 13.2. The number of H-pyrrole nitrogens is 1. The Morgan fingerprint density at radius 3 is 2.82 bits per heavy atom. The van der Waals surface area contributed by atoms with Gasteiger partial charge in [0.15, 0.2) is 0 Å². The van der Waals surface area contributed by atoms with Crippen LogP contribution >= 0.6 is 0 Å². The number of nitrogens with one attached hydrogen (secondary N) is 1. The lowest BCUT2D eigenvalue weighted by atomic mass is 10.0. The molecule has 1 aliphatic heterocycles. The minimum absolute atomic E-state index is 0.108. The summed E-state index contributed by atoms with van der Waals surface area (Å²) in [5, 5.41) is 14.8. The Hall–Kier alpha value is -3.40. The fourth-order valence-corrected chi connectivity index (χ4v) is 6.86. The maximum Gasteiger partial charge on any atom is 0.243 e. The lowest BCUT2D eigenvalue weighted by Gasteiger charge is -2.26. The quantitative estimate of drug-likeness (QED) is 0.432. The molecule has 5 rings (SSSR count). The number of aromatic amines is 1. The fraction of sp³-hybridized carbons (Fsp3) is 0.273. The molecule has 1 N–H and O–H groups in total. The number of benzene rings is 1. The van der Waals surface area contributed by atoms with Crippen LogP contribution in [0.2, 0.25) is 0 Å². The van der Waals surface area contributed by atoms with Crippen molar-refractivity contribution in [3.05, 3.63) is 60.8 Å². The van der Waals surface area contributed by atoms with Gasteiger partial charge in [-0.3, -0.25) is 8.89 Å². The van der Waals surface area contributed by atoms with E-state index in [1.807, 2.05) is 6.07 Å². The Balaban J connectivity index is 1.48. The summed E-state index contributed by atoms with van der Waals surface area (Å²) < 4.78 is 41.0. The van der Waals surface area contributed by atoms with Crippen LogP contribution in [0.3, 0.4) is 0 Å². The first-order valence-corrected chi connectivity index (χ1v) is 13.5. The van der Waals surface area contributed by atoms with Gasteiger partial charge in [-0.25, -0.2) is 18.4 Å². The summed E-state index contributed by atoms with van der Waals surface area (Å²) in [4.78, 5) is 11.8. The molecular weight excluding hydrogens is 474 g/mol. The molecule has 0 amide bonds. The molecule has 0 bridgehead atoms. The van der Waals surface area contributed by atoms with Crippen LogP contribution in [-0.4, -0.2) is 66.3 Å². The monoisotopic (exact) mass is 495 g/mol. The van der Waals surface area contributed by atoms with E-state index >= 15 is 0 Å². The van der Waals surface area contributed by atoms with E-state index < -0.39 is 26.9 Å². The van der Waals surface area contributed by atoms with Gasteiger partial charge in [-0.1, -0.05) is 12.1 Å². The third-order valence-electron chi connectivity index (χ3n) is 5.85. The Bertz CT molecular complexity index is 1510. The van der Waals surface area contributed by atoms with Crippen molar-refractivity contribution in [2.75, 3.05) is 24.6 Å². The van der Waals surface area contributed by atoms with Crippen LogP contribution in [0.15, 0.2) is 60.1 Å². The van der Waals surface area contributed by atoms with E-state index in [2.05, 4.69) is 26.1 Å². The van der Waals surface area contributed by atoms with Crippen molar-refractivity contribution in [3.63, 3.8) is 0 Å². The first kappa shape index (κ1) is 22.4. The predicted octanol–water partition coefficient (Wildman–Crippen LogP) is 2.08. The predicted molar refractivity (Wildman–Crippen MR) is 127 cm³/mol. The molecule has 12 heteroatoms. The number of hydrogen-bond donors (Lipinski definition) is 1. The molecule has 1 fully saturated rings. The van der Waals surface area contributed by atoms with E-state index in [0.717, 1.165) is 10.9 Å². The second-order valence-electron chi connectivity index (χ2n) is 7.87. The molecule has 4 heterocycles. The van der Waals surface area contributed by atoms with Gasteiger partial charge in [-0.2, -0.15) is 14.7 Å². The lowest BCUT2D eigenvalue weighted by Crippen LogP contribution is -2.41. The van der Waals surface area contributed by atoms with Crippen molar-refractivity contribution in [1.82, 2.24) is 29.0 Å². The van der Waals surface area contributed by atoms with Gasteiger partial charge in [-0.15, -0.1) is 0 Å². The van der Waals surface area contributed by atoms with Gasteiger partial charge in [0.2, 0.25) is 10.0 Å². The van der Waals surface area contributed by atoms with Gasteiger partial charge in [0, 0.05) is 58.7 Å². The summed E-state index contributed by atoms with van der Waals surface area (Å²) >= 11 is 0. The van der Waals surface area contributed by atoms with E-state index in [1.54, 1.807) is 47.5 Å². The Morgan fingerprint density at radius 1 is 1.21 bits per heavy atom. The smallest absolute Gasteiger partial charge is 0.243 e. The Kier molecular flexibility index (Phi) is 5.99. The minimum Gasteiger partial charge on any atom is -0.346 e. The van der Waals surface area contributed by atoms with Gasteiger partial charge in [-0.05, 0) is 23.8 Å². The van der Waals surface area contributed by atoms with Gasteiger partial charge in [0.1, 0.15) is 12.0 Å². The zero-order chi connectivity index (χ0) is 23.7. The number of nitriles is 1. The Morgan fingerprint density at radius 2 is 2.03 bits per heavy atom. The number of aromatic nitrogens is 5. The van der Waals surface area contributed by atoms with Gasteiger partial charge < -0.3 is 4.98 Å². The van der Waals surface area contributed by atoms with Gasteiger partial charge in [0.25, 0.3) is 0 Å².